The number of hydrogen-bond acceptors (Lipinski definition) is 2. The topological polar surface area (TPSA) is 26.3 Å². The van der Waals surface area contributed by atoms with E-state index in [0.717, 1.165) is 19.3 Å². The highest BCUT2D eigenvalue weighted by molar-refractivity contribution is 9.06. The SMILES string of the molecule is C=CCC(CCCC)C(=O)OBr. The van der Waals surface area contributed by atoms with Crippen molar-refractivity contribution in [2.45, 2.75) is 32.6 Å². The van der Waals surface area contributed by atoms with Crippen LogP contribution in [0.5, 0.6) is 0 Å². The molecule has 0 aliphatic carbocycles. The summed E-state index contributed by atoms with van der Waals surface area (Å²) in [5.41, 5.74) is 0. The molecule has 1 atom stereocenters. The molecule has 0 N–H and O–H groups in total. The minimum atomic E-state index is -0.191. The van der Waals surface area contributed by atoms with Gasteiger partial charge in [0.05, 0.1) is 5.92 Å². The molecule has 0 spiro atoms. The smallest absolute Gasteiger partial charge is 0.320 e. The van der Waals surface area contributed by atoms with E-state index >= 15 is 0 Å². The van der Waals surface area contributed by atoms with Gasteiger partial charge in [-0.05, 0) is 12.8 Å². The highest BCUT2D eigenvalue weighted by Crippen LogP contribution is 2.16. The Hall–Kier alpha value is -0.310. The van der Waals surface area contributed by atoms with Crippen molar-refractivity contribution in [2.75, 3.05) is 0 Å². The molecule has 0 bridgehead atoms. The maximum absolute atomic E-state index is 11.1. The number of hydrogen-bond donors (Lipinski definition) is 0. The van der Waals surface area contributed by atoms with Crippen molar-refractivity contribution >= 4 is 22.2 Å². The normalized spacial score (nSPS) is 12.2. The standard InChI is InChI=1S/C9H15BrO2/c1-3-5-7-8(6-4-2)9(11)12-10/h4,8H,2-3,5-7H2,1H3. The number of halogens is 1. The Kier molecular flexibility index (Phi) is 7.16. The van der Waals surface area contributed by atoms with Gasteiger partial charge in [0, 0.05) is 0 Å². The van der Waals surface area contributed by atoms with Crippen LogP contribution >= 0.6 is 16.3 Å². The lowest BCUT2D eigenvalue weighted by molar-refractivity contribution is -0.137. The molecule has 3 heteroatoms. The van der Waals surface area contributed by atoms with Crippen molar-refractivity contribution in [2.24, 2.45) is 5.92 Å². The third-order valence-corrected chi connectivity index (χ3v) is 2.09. The minimum Gasteiger partial charge on any atom is -0.383 e. The summed E-state index contributed by atoms with van der Waals surface area (Å²) in [7, 11) is 0. The van der Waals surface area contributed by atoms with Crippen molar-refractivity contribution in [3.8, 4) is 0 Å². The number of rotatable bonds is 6. The average molecular weight is 235 g/mol. The molecule has 0 heterocycles. The summed E-state index contributed by atoms with van der Waals surface area (Å²) < 4.78 is 4.49. The highest BCUT2D eigenvalue weighted by atomic mass is 79.9. The van der Waals surface area contributed by atoms with Crippen molar-refractivity contribution in [1.29, 1.82) is 0 Å². The highest BCUT2D eigenvalue weighted by Gasteiger charge is 2.16. The molecule has 1 unspecified atom stereocenters. The van der Waals surface area contributed by atoms with Crippen molar-refractivity contribution in [3.63, 3.8) is 0 Å². The van der Waals surface area contributed by atoms with E-state index in [2.05, 4.69) is 33.6 Å². The maximum Gasteiger partial charge on any atom is 0.320 e. The largest absolute Gasteiger partial charge is 0.383 e. The number of unbranched alkanes of at least 4 members (excludes halogenated alkanes) is 1. The van der Waals surface area contributed by atoms with Gasteiger partial charge >= 0.3 is 5.97 Å². The molecule has 0 aromatic carbocycles. The third-order valence-electron chi connectivity index (χ3n) is 1.77. The number of allylic oxidation sites excluding steroid dienone is 1. The molecular weight excluding hydrogens is 220 g/mol. The van der Waals surface area contributed by atoms with E-state index in [1.54, 1.807) is 6.08 Å². The molecule has 0 saturated carbocycles. The van der Waals surface area contributed by atoms with Crippen LogP contribution in [0.1, 0.15) is 32.6 Å². The van der Waals surface area contributed by atoms with Crippen LogP contribution < -0.4 is 0 Å². The van der Waals surface area contributed by atoms with E-state index in [0.29, 0.717) is 6.42 Å². The summed E-state index contributed by atoms with van der Waals surface area (Å²) in [6.45, 7) is 5.70. The minimum absolute atomic E-state index is 0.0261. The molecule has 0 aliphatic heterocycles. The summed E-state index contributed by atoms with van der Waals surface area (Å²) >= 11 is 2.69. The molecule has 0 aromatic heterocycles. The summed E-state index contributed by atoms with van der Waals surface area (Å²) in [6.07, 6.45) is 5.49. The van der Waals surface area contributed by atoms with Crippen LogP contribution in [0.4, 0.5) is 0 Å². The fraction of sp³-hybridized carbons (Fsp3) is 0.667. The van der Waals surface area contributed by atoms with Gasteiger partial charge < -0.3 is 3.83 Å². The lowest BCUT2D eigenvalue weighted by Gasteiger charge is -2.09. The number of carbonyl (C=O) groups excluding carboxylic acids is 1. The first kappa shape index (κ1) is 11.7. The molecule has 0 aromatic rings. The fourth-order valence-corrected chi connectivity index (χ4v) is 1.31. The summed E-state index contributed by atoms with van der Waals surface area (Å²) in [6, 6.07) is 0. The zero-order chi connectivity index (χ0) is 9.40. The Balaban J connectivity index is 3.84. The van der Waals surface area contributed by atoms with Crippen molar-refractivity contribution in [3.05, 3.63) is 12.7 Å². The lowest BCUT2D eigenvalue weighted by Crippen LogP contribution is -2.13. The van der Waals surface area contributed by atoms with Crippen molar-refractivity contribution in [1.82, 2.24) is 0 Å². The van der Waals surface area contributed by atoms with Gasteiger partial charge in [-0.1, -0.05) is 25.8 Å². The van der Waals surface area contributed by atoms with E-state index in [1.807, 2.05) is 0 Å². The number of carbonyl (C=O) groups is 1. The first-order chi connectivity index (χ1) is 5.76. The van der Waals surface area contributed by atoms with Crippen LogP contribution in [-0.4, -0.2) is 5.97 Å². The Morgan fingerprint density at radius 2 is 2.42 bits per heavy atom. The molecule has 0 aliphatic rings. The van der Waals surface area contributed by atoms with Crippen LogP contribution in [0.25, 0.3) is 0 Å². The summed E-state index contributed by atoms with van der Waals surface area (Å²) in [4.78, 5) is 11.1. The predicted octanol–water partition coefficient (Wildman–Crippen LogP) is 3.22. The molecule has 0 radical (unpaired) electrons. The molecule has 0 amide bonds. The summed E-state index contributed by atoms with van der Waals surface area (Å²) in [5.74, 6) is -0.217. The van der Waals surface area contributed by atoms with Crippen molar-refractivity contribution < 1.29 is 8.62 Å². The monoisotopic (exact) mass is 234 g/mol. The maximum atomic E-state index is 11.1. The zero-order valence-electron chi connectivity index (χ0n) is 7.38. The first-order valence-corrected chi connectivity index (χ1v) is 4.84. The second-order valence-corrected chi connectivity index (χ2v) is 3.08. The Labute approximate surface area is 82.4 Å². The van der Waals surface area contributed by atoms with E-state index in [1.165, 1.54) is 0 Å². The molecule has 12 heavy (non-hydrogen) atoms. The van der Waals surface area contributed by atoms with Gasteiger partial charge in [0.15, 0.2) is 16.3 Å². The van der Waals surface area contributed by atoms with Gasteiger partial charge in [-0.15, -0.1) is 6.58 Å². The molecule has 0 rings (SSSR count). The van der Waals surface area contributed by atoms with Gasteiger partial charge in [-0.25, -0.2) is 0 Å². The van der Waals surface area contributed by atoms with Gasteiger partial charge in [-0.2, -0.15) is 0 Å². The third kappa shape index (κ3) is 4.54. The average Bonchev–Trinajstić information content (AvgIpc) is 2.11. The Morgan fingerprint density at radius 3 is 2.83 bits per heavy atom. The second-order valence-electron chi connectivity index (χ2n) is 2.76. The van der Waals surface area contributed by atoms with E-state index in [-0.39, 0.29) is 11.9 Å². The second kappa shape index (κ2) is 7.35. The van der Waals surface area contributed by atoms with Gasteiger partial charge in [0.1, 0.15) is 0 Å². The molecular formula is C9H15BrO2. The van der Waals surface area contributed by atoms with Gasteiger partial charge in [-0.3, -0.25) is 4.79 Å². The Morgan fingerprint density at radius 1 is 1.75 bits per heavy atom. The zero-order valence-corrected chi connectivity index (χ0v) is 8.97. The quantitative estimate of drug-likeness (QED) is 0.660. The fourth-order valence-electron chi connectivity index (χ4n) is 1.05. The predicted molar refractivity (Wildman–Crippen MR) is 52.8 cm³/mol. The first-order valence-electron chi connectivity index (χ1n) is 4.19. The molecule has 0 saturated heterocycles. The summed E-state index contributed by atoms with van der Waals surface area (Å²) in [5, 5.41) is 0. The van der Waals surface area contributed by atoms with E-state index in [9.17, 15) is 4.79 Å². The van der Waals surface area contributed by atoms with E-state index < -0.39 is 0 Å². The Bertz CT molecular complexity index is 145. The van der Waals surface area contributed by atoms with Crippen LogP contribution in [-0.2, 0) is 8.62 Å². The lowest BCUT2D eigenvalue weighted by atomic mass is 9.99. The molecule has 0 fully saturated rings. The van der Waals surface area contributed by atoms with E-state index in [4.69, 9.17) is 0 Å². The molecule has 70 valence electrons. The van der Waals surface area contributed by atoms with Crippen LogP contribution in [0.15, 0.2) is 12.7 Å². The van der Waals surface area contributed by atoms with Crippen LogP contribution in [0.2, 0.25) is 0 Å². The van der Waals surface area contributed by atoms with Crippen LogP contribution in [0, 0.1) is 5.92 Å². The van der Waals surface area contributed by atoms with Gasteiger partial charge in [0.25, 0.3) is 0 Å². The molecule has 2 nitrogen and oxygen atoms in total. The van der Waals surface area contributed by atoms with Gasteiger partial charge in [0.2, 0.25) is 0 Å². The van der Waals surface area contributed by atoms with Crippen LogP contribution in [0.3, 0.4) is 0 Å².